The molecule has 0 aliphatic carbocycles. The highest BCUT2D eigenvalue weighted by molar-refractivity contribution is 7.16. The average molecular weight is 424 g/mol. The molecule has 3 aromatic rings. The van der Waals surface area contributed by atoms with E-state index in [2.05, 4.69) is 22.2 Å². The minimum Gasteiger partial charge on any atom is -0.467 e. The van der Waals surface area contributed by atoms with Gasteiger partial charge in [-0.2, -0.15) is 0 Å². The van der Waals surface area contributed by atoms with Crippen molar-refractivity contribution in [2.75, 3.05) is 13.2 Å². The fraction of sp³-hybridized carbons (Fsp3) is 0.316. The second-order valence-electron chi connectivity index (χ2n) is 6.06. The van der Waals surface area contributed by atoms with Crippen LogP contribution in [-0.4, -0.2) is 29.0 Å². The number of nitrogens with one attached hydrogen (secondary N) is 1. The van der Waals surface area contributed by atoms with E-state index in [4.69, 9.17) is 27.9 Å². The summed E-state index contributed by atoms with van der Waals surface area (Å²) < 4.78 is 5.58. The number of amides is 1. The highest BCUT2D eigenvalue weighted by Crippen LogP contribution is 2.30. The number of benzene rings is 1. The molecule has 2 aromatic heterocycles. The number of rotatable bonds is 8. The van der Waals surface area contributed by atoms with E-state index in [1.807, 2.05) is 23.6 Å². The number of halogens is 2. The summed E-state index contributed by atoms with van der Waals surface area (Å²) >= 11 is 13.8. The Hall–Kier alpha value is -1.89. The van der Waals surface area contributed by atoms with Gasteiger partial charge in [-0.25, -0.2) is 9.97 Å². The summed E-state index contributed by atoms with van der Waals surface area (Å²) in [5, 5.41) is 6.87. The van der Waals surface area contributed by atoms with Crippen molar-refractivity contribution in [1.29, 1.82) is 0 Å². The van der Waals surface area contributed by atoms with Gasteiger partial charge in [-0.05, 0) is 35.6 Å². The maximum Gasteiger partial charge on any atom is 0.258 e. The largest absolute Gasteiger partial charge is 0.467 e. The molecule has 142 valence electrons. The molecular weight excluding hydrogens is 405 g/mol. The lowest BCUT2D eigenvalue weighted by atomic mass is 9.94. The van der Waals surface area contributed by atoms with Crippen LogP contribution in [0.15, 0.2) is 36.0 Å². The molecular formula is C19H19Cl2N3O2S. The SMILES string of the molecule is CCC[C@@H](CNC(=O)COc1ncnc2sccc12)c1ccc(Cl)cc1Cl. The van der Waals surface area contributed by atoms with Crippen molar-refractivity contribution in [3.63, 3.8) is 0 Å². The standard InChI is InChI=1S/C19H19Cl2N3O2S/c1-2-3-12(14-5-4-13(20)8-16(14)21)9-22-17(25)10-26-18-15-6-7-27-19(15)24-11-23-18/h4-8,11-12H,2-3,9-10H2,1H3,(H,22,25)/t12-/m0/s1. The topological polar surface area (TPSA) is 64.1 Å². The van der Waals surface area contributed by atoms with Crippen LogP contribution in [-0.2, 0) is 4.79 Å². The van der Waals surface area contributed by atoms with Crippen LogP contribution >= 0.6 is 34.5 Å². The Bertz CT molecular complexity index is 932. The summed E-state index contributed by atoms with van der Waals surface area (Å²) in [6, 6.07) is 7.35. The Morgan fingerprint density at radius 1 is 1.30 bits per heavy atom. The quantitative estimate of drug-likeness (QED) is 0.548. The van der Waals surface area contributed by atoms with Crippen LogP contribution in [0.2, 0.25) is 10.0 Å². The van der Waals surface area contributed by atoms with Crippen LogP contribution < -0.4 is 10.1 Å². The van der Waals surface area contributed by atoms with Crippen LogP contribution in [0.4, 0.5) is 0 Å². The molecule has 0 aliphatic rings. The number of carbonyl (C=O) groups is 1. The first-order chi connectivity index (χ1) is 13.1. The van der Waals surface area contributed by atoms with Crippen molar-refractivity contribution < 1.29 is 9.53 Å². The third kappa shape index (κ3) is 5.09. The number of fused-ring (bicyclic) bond motifs is 1. The van der Waals surface area contributed by atoms with Crippen molar-refractivity contribution in [3.05, 3.63) is 51.6 Å². The minimum absolute atomic E-state index is 0.102. The van der Waals surface area contributed by atoms with Gasteiger partial charge in [-0.1, -0.05) is 42.6 Å². The second-order valence-corrected chi connectivity index (χ2v) is 7.80. The lowest BCUT2D eigenvalue weighted by Crippen LogP contribution is -2.32. The molecule has 1 atom stereocenters. The van der Waals surface area contributed by atoms with E-state index in [1.54, 1.807) is 6.07 Å². The molecule has 0 bridgehead atoms. The van der Waals surface area contributed by atoms with Gasteiger partial charge in [0.15, 0.2) is 6.61 Å². The van der Waals surface area contributed by atoms with Gasteiger partial charge < -0.3 is 10.1 Å². The zero-order valence-corrected chi connectivity index (χ0v) is 17.1. The summed E-state index contributed by atoms with van der Waals surface area (Å²) in [4.78, 5) is 21.3. The Kier molecular flexibility index (Phi) is 6.88. The summed E-state index contributed by atoms with van der Waals surface area (Å²) in [5.41, 5.74) is 0.986. The van der Waals surface area contributed by atoms with Crippen LogP contribution in [0.25, 0.3) is 10.2 Å². The molecule has 0 aliphatic heterocycles. The van der Waals surface area contributed by atoms with Gasteiger partial charge in [0.25, 0.3) is 5.91 Å². The molecule has 27 heavy (non-hydrogen) atoms. The molecule has 1 N–H and O–H groups in total. The zero-order chi connectivity index (χ0) is 19.2. The monoisotopic (exact) mass is 423 g/mol. The van der Waals surface area contributed by atoms with Crippen molar-refractivity contribution in [2.24, 2.45) is 0 Å². The summed E-state index contributed by atoms with van der Waals surface area (Å²) in [5.74, 6) is 0.330. The van der Waals surface area contributed by atoms with Crippen molar-refractivity contribution >= 4 is 50.7 Å². The maximum atomic E-state index is 12.2. The van der Waals surface area contributed by atoms with Gasteiger partial charge in [0.1, 0.15) is 11.2 Å². The summed E-state index contributed by atoms with van der Waals surface area (Å²) in [6.07, 6.45) is 3.32. The fourth-order valence-electron chi connectivity index (χ4n) is 2.85. The average Bonchev–Trinajstić information content (AvgIpc) is 3.13. The molecule has 0 radical (unpaired) electrons. The fourth-order valence-corrected chi connectivity index (χ4v) is 4.14. The Balaban J connectivity index is 1.58. The predicted octanol–water partition coefficient (Wildman–Crippen LogP) is 5.08. The van der Waals surface area contributed by atoms with E-state index >= 15 is 0 Å². The van der Waals surface area contributed by atoms with Gasteiger partial charge >= 0.3 is 0 Å². The van der Waals surface area contributed by atoms with Gasteiger partial charge in [0.05, 0.1) is 5.39 Å². The molecule has 0 saturated heterocycles. The van der Waals surface area contributed by atoms with Crippen LogP contribution in [0.5, 0.6) is 5.88 Å². The zero-order valence-electron chi connectivity index (χ0n) is 14.7. The lowest BCUT2D eigenvalue weighted by Gasteiger charge is -2.19. The molecule has 5 nitrogen and oxygen atoms in total. The molecule has 1 aromatic carbocycles. The van der Waals surface area contributed by atoms with E-state index in [-0.39, 0.29) is 18.4 Å². The maximum absolute atomic E-state index is 12.2. The van der Waals surface area contributed by atoms with Gasteiger partial charge in [-0.3, -0.25) is 4.79 Å². The first-order valence-electron chi connectivity index (χ1n) is 8.61. The number of ether oxygens (including phenoxy) is 1. The molecule has 0 saturated carbocycles. The van der Waals surface area contributed by atoms with Crippen molar-refractivity contribution in [2.45, 2.75) is 25.7 Å². The molecule has 2 heterocycles. The highest BCUT2D eigenvalue weighted by atomic mass is 35.5. The molecule has 8 heteroatoms. The normalized spacial score (nSPS) is 12.1. The summed E-state index contributed by atoms with van der Waals surface area (Å²) in [7, 11) is 0. The van der Waals surface area contributed by atoms with E-state index in [9.17, 15) is 4.79 Å². The van der Waals surface area contributed by atoms with E-state index in [0.717, 1.165) is 28.6 Å². The molecule has 0 spiro atoms. The highest BCUT2D eigenvalue weighted by Gasteiger charge is 2.16. The number of carbonyl (C=O) groups excluding carboxylic acids is 1. The number of hydrogen-bond donors (Lipinski definition) is 1. The number of thiophene rings is 1. The van der Waals surface area contributed by atoms with Crippen LogP contribution in [0.3, 0.4) is 0 Å². The number of hydrogen-bond acceptors (Lipinski definition) is 5. The van der Waals surface area contributed by atoms with Crippen molar-refractivity contribution in [1.82, 2.24) is 15.3 Å². The first kappa shape index (κ1) is 19.9. The van der Waals surface area contributed by atoms with E-state index < -0.39 is 0 Å². The first-order valence-corrected chi connectivity index (χ1v) is 10.2. The lowest BCUT2D eigenvalue weighted by molar-refractivity contribution is -0.123. The second kappa shape index (κ2) is 9.35. The van der Waals surface area contributed by atoms with Crippen LogP contribution in [0.1, 0.15) is 31.2 Å². The molecule has 3 rings (SSSR count). The van der Waals surface area contributed by atoms with E-state index in [0.29, 0.717) is 22.5 Å². The predicted molar refractivity (Wildman–Crippen MR) is 110 cm³/mol. The number of aromatic nitrogens is 2. The van der Waals surface area contributed by atoms with Gasteiger partial charge in [-0.15, -0.1) is 11.3 Å². The molecule has 0 fully saturated rings. The Morgan fingerprint density at radius 2 is 2.15 bits per heavy atom. The van der Waals surface area contributed by atoms with Gasteiger partial charge in [0, 0.05) is 22.5 Å². The van der Waals surface area contributed by atoms with Gasteiger partial charge in [0.2, 0.25) is 5.88 Å². The summed E-state index contributed by atoms with van der Waals surface area (Å²) in [6.45, 7) is 2.48. The molecule has 1 amide bonds. The third-order valence-corrected chi connectivity index (χ3v) is 5.53. The third-order valence-electron chi connectivity index (χ3n) is 4.15. The molecule has 0 unspecified atom stereocenters. The van der Waals surface area contributed by atoms with E-state index in [1.165, 1.54) is 17.7 Å². The minimum atomic E-state index is -0.205. The smallest absolute Gasteiger partial charge is 0.258 e. The number of nitrogens with zero attached hydrogens (tertiary/aromatic N) is 2. The Morgan fingerprint density at radius 3 is 2.93 bits per heavy atom. The van der Waals surface area contributed by atoms with Crippen LogP contribution in [0, 0.1) is 0 Å². The Labute approximate surface area is 171 Å². The van der Waals surface area contributed by atoms with Crippen molar-refractivity contribution in [3.8, 4) is 5.88 Å².